The van der Waals surface area contributed by atoms with Crippen molar-refractivity contribution in [3.8, 4) is 11.5 Å². The zero-order valence-electron chi connectivity index (χ0n) is 11.7. The van der Waals surface area contributed by atoms with Gasteiger partial charge in [-0.3, -0.25) is 0 Å². The molecule has 2 N–H and O–H groups in total. The SMILES string of the molecule is CCc1nc(-c2cccc(NCC(O)CCl)c2)oc1C. The Morgan fingerprint density at radius 2 is 2.25 bits per heavy atom. The monoisotopic (exact) mass is 294 g/mol. The highest BCUT2D eigenvalue weighted by Crippen LogP contribution is 2.24. The van der Waals surface area contributed by atoms with Crippen molar-refractivity contribution in [1.82, 2.24) is 4.98 Å². The standard InChI is InChI=1S/C15H19ClN2O2/c1-3-14-10(2)20-15(18-14)11-5-4-6-12(7-11)17-9-13(19)8-16/h4-7,13,17,19H,3,8-9H2,1-2H3. The number of aryl methyl sites for hydroxylation is 2. The normalized spacial score (nSPS) is 12.4. The number of aromatic nitrogens is 1. The second-order valence-electron chi connectivity index (χ2n) is 4.65. The molecule has 1 aromatic heterocycles. The fraction of sp³-hybridized carbons (Fsp3) is 0.400. The van der Waals surface area contributed by atoms with Crippen LogP contribution in [-0.4, -0.2) is 28.6 Å². The predicted molar refractivity (Wildman–Crippen MR) is 81.3 cm³/mol. The highest BCUT2D eigenvalue weighted by atomic mass is 35.5. The summed E-state index contributed by atoms with van der Waals surface area (Å²) in [5.41, 5.74) is 2.80. The molecule has 2 rings (SSSR count). The van der Waals surface area contributed by atoms with Crippen LogP contribution in [0.1, 0.15) is 18.4 Å². The average molecular weight is 295 g/mol. The zero-order valence-corrected chi connectivity index (χ0v) is 12.4. The summed E-state index contributed by atoms with van der Waals surface area (Å²) in [4.78, 5) is 4.49. The van der Waals surface area contributed by atoms with Gasteiger partial charge in [-0.15, -0.1) is 11.6 Å². The fourth-order valence-corrected chi connectivity index (χ4v) is 2.04. The summed E-state index contributed by atoms with van der Waals surface area (Å²) in [6, 6.07) is 7.76. The minimum absolute atomic E-state index is 0.214. The topological polar surface area (TPSA) is 58.3 Å². The van der Waals surface area contributed by atoms with Gasteiger partial charge in [0.1, 0.15) is 5.76 Å². The number of anilines is 1. The third-order valence-corrected chi connectivity index (χ3v) is 3.41. The number of hydrogen-bond acceptors (Lipinski definition) is 4. The van der Waals surface area contributed by atoms with Gasteiger partial charge in [-0.2, -0.15) is 0 Å². The van der Waals surface area contributed by atoms with Gasteiger partial charge in [-0.25, -0.2) is 4.98 Å². The largest absolute Gasteiger partial charge is 0.441 e. The van der Waals surface area contributed by atoms with Crippen molar-refractivity contribution in [2.24, 2.45) is 0 Å². The van der Waals surface area contributed by atoms with Gasteiger partial charge in [-0.05, 0) is 31.5 Å². The van der Waals surface area contributed by atoms with E-state index in [1.165, 1.54) is 0 Å². The lowest BCUT2D eigenvalue weighted by molar-refractivity contribution is 0.211. The summed E-state index contributed by atoms with van der Waals surface area (Å²) < 4.78 is 5.68. The van der Waals surface area contributed by atoms with E-state index >= 15 is 0 Å². The molecule has 108 valence electrons. The molecule has 0 aliphatic heterocycles. The first kappa shape index (κ1) is 14.9. The number of nitrogens with zero attached hydrogens (tertiary/aromatic N) is 1. The third-order valence-electron chi connectivity index (χ3n) is 3.06. The number of rotatable bonds is 6. The van der Waals surface area contributed by atoms with E-state index in [4.69, 9.17) is 16.0 Å². The first-order chi connectivity index (χ1) is 9.63. The number of halogens is 1. The van der Waals surface area contributed by atoms with Crippen LogP contribution in [0.3, 0.4) is 0 Å². The number of benzene rings is 1. The number of aliphatic hydroxyl groups excluding tert-OH is 1. The molecule has 0 fully saturated rings. The Morgan fingerprint density at radius 3 is 2.90 bits per heavy atom. The molecule has 0 radical (unpaired) electrons. The number of hydrogen-bond donors (Lipinski definition) is 2. The lowest BCUT2D eigenvalue weighted by atomic mass is 10.2. The summed E-state index contributed by atoms with van der Waals surface area (Å²) in [7, 11) is 0. The average Bonchev–Trinajstić information content (AvgIpc) is 2.86. The molecule has 0 spiro atoms. The van der Waals surface area contributed by atoms with Crippen LogP contribution in [0.25, 0.3) is 11.5 Å². The zero-order chi connectivity index (χ0) is 14.5. The minimum atomic E-state index is -0.559. The quantitative estimate of drug-likeness (QED) is 0.803. The van der Waals surface area contributed by atoms with Crippen LogP contribution in [0.15, 0.2) is 28.7 Å². The molecule has 0 amide bonds. The van der Waals surface area contributed by atoms with Crippen LogP contribution in [0.2, 0.25) is 0 Å². The molecule has 1 unspecified atom stereocenters. The van der Waals surface area contributed by atoms with Gasteiger partial charge < -0.3 is 14.8 Å². The molecule has 5 heteroatoms. The number of alkyl halides is 1. The summed E-state index contributed by atoms with van der Waals surface area (Å²) >= 11 is 5.57. The van der Waals surface area contributed by atoms with E-state index in [1.807, 2.05) is 31.2 Å². The van der Waals surface area contributed by atoms with E-state index in [9.17, 15) is 5.11 Å². The predicted octanol–water partition coefficient (Wildman–Crippen LogP) is 3.22. The van der Waals surface area contributed by atoms with Crippen molar-refractivity contribution in [1.29, 1.82) is 0 Å². The van der Waals surface area contributed by atoms with E-state index < -0.39 is 6.10 Å². The molecule has 0 aliphatic carbocycles. The van der Waals surface area contributed by atoms with Crippen molar-refractivity contribution in [2.45, 2.75) is 26.4 Å². The van der Waals surface area contributed by atoms with E-state index in [0.29, 0.717) is 12.4 Å². The molecule has 2 aromatic rings. The highest BCUT2D eigenvalue weighted by molar-refractivity contribution is 6.18. The Balaban J connectivity index is 2.16. The van der Waals surface area contributed by atoms with E-state index in [1.54, 1.807) is 0 Å². The fourth-order valence-electron chi connectivity index (χ4n) is 1.93. The van der Waals surface area contributed by atoms with Gasteiger partial charge in [-0.1, -0.05) is 13.0 Å². The first-order valence-electron chi connectivity index (χ1n) is 6.68. The van der Waals surface area contributed by atoms with Gasteiger partial charge in [0.05, 0.1) is 17.7 Å². The molecule has 20 heavy (non-hydrogen) atoms. The van der Waals surface area contributed by atoms with Crippen LogP contribution >= 0.6 is 11.6 Å². The van der Waals surface area contributed by atoms with Crippen molar-refractivity contribution in [2.75, 3.05) is 17.7 Å². The lowest BCUT2D eigenvalue weighted by Gasteiger charge is -2.10. The second kappa shape index (κ2) is 6.77. The van der Waals surface area contributed by atoms with Gasteiger partial charge in [0.25, 0.3) is 0 Å². The number of oxazole rings is 1. The smallest absolute Gasteiger partial charge is 0.226 e. The van der Waals surface area contributed by atoms with Crippen molar-refractivity contribution in [3.05, 3.63) is 35.7 Å². The summed E-state index contributed by atoms with van der Waals surface area (Å²) in [5.74, 6) is 1.70. The molecule has 1 heterocycles. The first-order valence-corrected chi connectivity index (χ1v) is 7.22. The van der Waals surface area contributed by atoms with Crippen molar-refractivity contribution in [3.63, 3.8) is 0 Å². The van der Waals surface area contributed by atoms with Gasteiger partial charge in [0.2, 0.25) is 5.89 Å². The van der Waals surface area contributed by atoms with Gasteiger partial charge >= 0.3 is 0 Å². The Labute approximate surface area is 123 Å². The second-order valence-corrected chi connectivity index (χ2v) is 4.95. The number of nitrogens with one attached hydrogen (secondary N) is 1. The van der Waals surface area contributed by atoms with Crippen LogP contribution < -0.4 is 5.32 Å². The molecule has 1 aromatic carbocycles. The van der Waals surface area contributed by atoms with E-state index in [0.717, 1.165) is 29.1 Å². The molecule has 0 saturated heterocycles. The third kappa shape index (κ3) is 3.52. The maximum Gasteiger partial charge on any atom is 0.226 e. The minimum Gasteiger partial charge on any atom is -0.441 e. The van der Waals surface area contributed by atoms with Crippen LogP contribution in [-0.2, 0) is 6.42 Å². The molecule has 0 aliphatic rings. The summed E-state index contributed by atoms with van der Waals surface area (Å²) in [6.07, 6.45) is 0.297. The summed E-state index contributed by atoms with van der Waals surface area (Å²) in [5, 5.41) is 12.6. The lowest BCUT2D eigenvalue weighted by Crippen LogP contribution is -2.20. The van der Waals surface area contributed by atoms with Gasteiger partial charge in [0.15, 0.2) is 0 Å². The molecule has 4 nitrogen and oxygen atoms in total. The van der Waals surface area contributed by atoms with E-state index in [-0.39, 0.29) is 5.88 Å². The van der Waals surface area contributed by atoms with Crippen LogP contribution in [0, 0.1) is 6.92 Å². The maximum atomic E-state index is 9.45. The molecule has 1 atom stereocenters. The molecule has 0 saturated carbocycles. The van der Waals surface area contributed by atoms with Crippen LogP contribution in [0.4, 0.5) is 5.69 Å². The molecule has 0 bridgehead atoms. The maximum absolute atomic E-state index is 9.45. The molecular formula is C15H19ClN2O2. The Hall–Kier alpha value is -1.52. The van der Waals surface area contributed by atoms with E-state index in [2.05, 4.69) is 17.2 Å². The van der Waals surface area contributed by atoms with Crippen LogP contribution in [0.5, 0.6) is 0 Å². The van der Waals surface area contributed by atoms with Crippen molar-refractivity contribution >= 4 is 17.3 Å². The highest BCUT2D eigenvalue weighted by Gasteiger charge is 2.10. The number of aliphatic hydroxyl groups is 1. The Morgan fingerprint density at radius 1 is 1.45 bits per heavy atom. The Bertz CT molecular complexity index is 569. The van der Waals surface area contributed by atoms with Gasteiger partial charge in [0, 0.05) is 17.8 Å². The Kier molecular flexibility index (Phi) is 5.04. The summed E-state index contributed by atoms with van der Waals surface area (Å²) in [6.45, 7) is 4.40. The van der Waals surface area contributed by atoms with Crippen molar-refractivity contribution < 1.29 is 9.52 Å². The molecular weight excluding hydrogens is 276 g/mol.